The van der Waals surface area contributed by atoms with Gasteiger partial charge in [-0.2, -0.15) is 0 Å². The largest absolute Gasteiger partial charge is 0.379 e. The maximum absolute atomic E-state index is 11.2. The number of nitrogens with one attached hydrogen (secondary N) is 1. The zero-order valence-corrected chi connectivity index (χ0v) is 11.4. The summed E-state index contributed by atoms with van der Waals surface area (Å²) in [6, 6.07) is 0. The van der Waals surface area contributed by atoms with Gasteiger partial charge in [0, 0.05) is 13.2 Å². The van der Waals surface area contributed by atoms with Gasteiger partial charge in [0.1, 0.15) is 0 Å². The highest BCUT2D eigenvalue weighted by atomic mass is 16.5. The molecule has 0 fully saturated rings. The number of hydrogen-bond donors (Lipinski definition) is 2. The summed E-state index contributed by atoms with van der Waals surface area (Å²) in [7, 11) is 1.74. The van der Waals surface area contributed by atoms with Gasteiger partial charge in [-0.25, -0.2) is 0 Å². The smallest absolute Gasteiger partial charge is 0.237 e. The fourth-order valence-electron chi connectivity index (χ4n) is 1.41. The second kappa shape index (κ2) is 8.44. The number of likely N-dealkylation sites (N-methyl/N-ethyl adjacent to an activating group) is 1. The molecule has 0 radical (unpaired) electrons. The highest BCUT2D eigenvalue weighted by Crippen LogP contribution is 2.11. The molecule has 0 aliphatic carbocycles. The Kier molecular flexibility index (Phi) is 8.12. The van der Waals surface area contributed by atoms with E-state index in [-0.39, 0.29) is 12.0 Å². The molecule has 5 nitrogen and oxygen atoms in total. The topological polar surface area (TPSA) is 73.6 Å². The van der Waals surface area contributed by atoms with E-state index in [1.807, 2.05) is 13.8 Å². The first kappa shape index (κ1) is 16.4. The van der Waals surface area contributed by atoms with Crippen molar-refractivity contribution in [3.8, 4) is 0 Å². The van der Waals surface area contributed by atoms with Gasteiger partial charge in [-0.15, -0.1) is 0 Å². The normalized spacial score (nSPS) is 16.5. The Labute approximate surface area is 104 Å². The standard InChI is InChI=1S/C12H26N2O3/c1-5-16-9-10(2)17-8-6-7-12(3,14-4)11(13)15/h10,14H,5-9H2,1-4H3,(H2,13,15). The fraction of sp³-hybridized carbons (Fsp3) is 0.917. The van der Waals surface area contributed by atoms with Crippen molar-refractivity contribution in [1.29, 1.82) is 0 Å². The van der Waals surface area contributed by atoms with Crippen molar-refractivity contribution in [3.63, 3.8) is 0 Å². The molecular formula is C12H26N2O3. The first-order valence-corrected chi connectivity index (χ1v) is 6.14. The molecular weight excluding hydrogens is 220 g/mol. The number of rotatable bonds is 10. The van der Waals surface area contributed by atoms with Gasteiger partial charge in [-0.3, -0.25) is 4.79 Å². The Bertz CT molecular complexity index is 224. The van der Waals surface area contributed by atoms with E-state index >= 15 is 0 Å². The molecule has 1 amide bonds. The van der Waals surface area contributed by atoms with Gasteiger partial charge in [0.2, 0.25) is 5.91 Å². The van der Waals surface area contributed by atoms with E-state index in [4.69, 9.17) is 15.2 Å². The molecule has 0 bridgehead atoms. The van der Waals surface area contributed by atoms with Crippen molar-refractivity contribution in [2.45, 2.75) is 45.3 Å². The molecule has 0 heterocycles. The van der Waals surface area contributed by atoms with Crippen molar-refractivity contribution < 1.29 is 14.3 Å². The van der Waals surface area contributed by atoms with Crippen molar-refractivity contribution in [2.24, 2.45) is 5.73 Å². The van der Waals surface area contributed by atoms with Crippen LogP contribution in [0.25, 0.3) is 0 Å². The molecule has 0 aromatic heterocycles. The number of carbonyl (C=O) groups is 1. The Hall–Kier alpha value is -0.650. The van der Waals surface area contributed by atoms with Crippen LogP contribution in [0.4, 0.5) is 0 Å². The summed E-state index contributed by atoms with van der Waals surface area (Å²) in [6.07, 6.45) is 1.54. The minimum Gasteiger partial charge on any atom is -0.379 e. The summed E-state index contributed by atoms with van der Waals surface area (Å²) >= 11 is 0. The maximum Gasteiger partial charge on any atom is 0.237 e. The molecule has 5 heteroatoms. The van der Waals surface area contributed by atoms with Gasteiger partial charge < -0.3 is 20.5 Å². The van der Waals surface area contributed by atoms with Crippen LogP contribution < -0.4 is 11.1 Å². The van der Waals surface area contributed by atoms with Crippen LogP contribution in [0.15, 0.2) is 0 Å². The van der Waals surface area contributed by atoms with Crippen molar-refractivity contribution in [2.75, 3.05) is 26.9 Å². The van der Waals surface area contributed by atoms with Gasteiger partial charge in [0.05, 0.1) is 18.2 Å². The van der Waals surface area contributed by atoms with E-state index in [9.17, 15) is 4.79 Å². The van der Waals surface area contributed by atoms with Crippen LogP contribution in [0, 0.1) is 0 Å². The number of amides is 1. The average Bonchev–Trinajstić information content (AvgIpc) is 2.31. The third-order valence-electron chi connectivity index (χ3n) is 2.88. The van der Waals surface area contributed by atoms with Crippen LogP contribution in [0.2, 0.25) is 0 Å². The molecule has 2 unspecified atom stereocenters. The number of nitrogens with two attached hydrogens (primary N) is 1. The summed E-state index contributed by atoms with van der Waals surface area (Å²) in [5.41, 5.74) is 4.68. The van der Waals surface area contributed by atoms with E-state index in [0.29, 0.717) is 26.2 Å². The SMILES string of the molecule is CCOCC(C)OCCCC(C)(NC)C(N)=O. The zero-order valence-electron chi connectivity index (χ0n) is 11.4. The van der Waals surface area contributed by atoms with Gasteiger partial charge in [-0.1, -0.05) is 0 Å². The monoisotopic (exact) mass is 246 g/mol. The van der Waals surface area contributed by atoms with Crippen molar-refractivity contribution in [3.05, 3.63) is 0 Å². The summed E-state index contributed by atoms with van der Waals surface area (Å²) in [5.74, 6) is -0.331. The van der Waals surface area contributed by atoms with Crippen molar-refractivity contribution >= 4 is 5.91 Å². The van der Waals surface area contributed by atoms with Crippen LogP contribution in [-0.4, -0.2) is 44.4 Å². The predicted octanol–water partition coefficient (Wildman–Crippen LogP) is 0.672. The molecule has 3 N–H and O–H groups in total. The first-order chi connectivity index (χ1) is 7.96. The minimum absolute atomic E-state index is 0.0874. The molecule has 0 rings (SSSR count). The Morgan fingerprint density at radius 1 is 1.53 bits per heavy atom. The van der Waals surface area contributed by atoms with E-state index in [1.54, 1.807) is 14.0 Å². The van der Waals surface area contributed by atoms with E-state index in [2.05, 4.69) is 5.32 Å². The molecule has 0 aromatic rings. The molecule has 0 spiro atoms. The van der Waals surface area contributed by atoms with Gasteiger partial charge in [0.15, 0.2) is 0 Å². The second-order valence-electron chi connectivity index (χ2n) is 4.39. The fourth-order valence-corrected chi connectivity index (χ4v) is 1.41. The Morgan fingerprint density at radius 2 is 2.18 bits per heavy atom. The lowest BCUT2D eigenvalue weighted by Crippen LogP contribution is -2.51. The lowest BCUT2D eigenvalue weighted by molar-refractivity contribution is -0.124. The molecule has 102 valence electrons. The average molecular weight is 246 g/mol. The third kappa shape index (κ3) is 6.61. The van der Waals surface area contributed by atoms with Crippen LogP contribution in [-0.2, 0) is 14.3 Å². The summed E-state index contributed by atoms with van der Waals surface area (Å²) < 4.78 is 10.8. The summed E-state index contributed by atoms with van der Waals surface area (Å²) in [5, 5.41) is 2.95. The number of carbonyl (C=O) groups excluding carboxylic acids is 1. The highest BCUT2D eigenvalue weighted by molar-refractivity contribution is 5.84. The molecule has 0 aromatic carbocycles. The lowest BCUT2D eigenvalue weighted by Gasteiger charge is -2.25. The Balaban J connectivity index is 3.72. The van der Waals surface area contributed by atoms with Crippen molar-refractivity contribution in [1.82, 2.24) is 5.32 Å². The zero-order chi connectivity index (χ0) is 13.3. The van der Waals surface area contributed by atoms with E-state index in [1.165, 1.54) is 0 Å². The highest BCUT2D eigenvalue weighted by Gasteiger charge is 2.27. The van der Waals surface area contributed by atoms with E-state index < -0.39 is 5.54 Å². The third-order valence-corrected chi connectivity index (χ3v) is 2.88. The molecule has 17 heavy (non-hydrogen) atoms. The maximum atomic E-state index is 11.2. The molecule has 0 saturated heterocycles. The molecule has 0 aliphatic rings. The Morgan fingerprint density at radius 3 is 2.65 bits per heavy atom. The quantitative estimate of drug-likeness (QED) is 0.556. The summed E-state index contributed by atoms with van der Waals surface area (Å²) in [4.78, 5) is 11.2. The number of hydrogen-bond acceptors (Lipinski definition) is 4. The first-order valence-electron chi connectivity index (χ1n) is 6.14. The van der Waals surface area contributed by atoms with Crippen LogP contribution in [0.3, 0.4) is 0 Å². The van der Waals surface area contributed by atoms with E-state index in [0.717, 1.165) is 6.42 Å². The molecule has 0 aliphatic heterocycles. The molecule has 0 saturated carbocycles. The lowest BCUT2D eigenvalue weighted by atomic mass is 9.95. The van der Waals surface area contributed by atoms with Crippen LogP contribution in [0.5, 0.6) is 0 Å². The summed E-state index contributed by atoms with van der Waals surface area (Å²) in [6.45, 7) is 7.65. The predicted molar refractivity (Wildman–Crippen MR) is 67.8 cm³/mol. The van der Waals surface area contributed by atoms with Crippen LogP contribution in [0.1, 0.15) is 33.6 Å². The minimum atomic E-state index is -0.646. The number of primary amides is 1. The second-order valence-corrected chi connectivity index (χ2v) is 4.39. The van der Waals surface area contributed by atoms with Gasteiger partial charge >= 0.3 is 0 Å². The van der Waals surface area contributed by atoms with Gasteiger partial charge in [0.25, 0.3) is 0 Å². The molecule has 2 atom stereocenters. The van der Waals surface area contributed by atoms with Crippen LogP contribution >= 0.6 is 0 Å². The van der Waals surface area contributed by atoms with Gasteiger partial charge in [-0.05, 0) is 40.7 Å². The number of ether oxygens (including phenoxy) is 2.